The summed E-state index contributed by atoms with van der Waals surface area (Å²) in [5, 5.41) is 2.82. The molecule has 1 heterocycles. The second-order valence-corrected chi connectivity index (χ2v) is 9.04. The zero-order chi connectivity index (χ0) is 20.6. The van der Waals surface area contributed by atoms with Crippen LogP contribution < -0.4 is 10.0 Å². The van der Waals surface area contributed by atoms with E-state index in [1.807, 2.05) is 23.1 Å². The highest BCUT2D eigenvalue weighted by atomic mass is 127. The van der Waals surface area contributed by atoms with Gasteiger partial charge < -0.3 is 15.1 Å². The first-order valence-corrected chi connectivity index (χ1v) is 11.1. The van der Waals surface area contributed by atoms with Crippen LogP contribution >= 0.6 is 24.0 Å². The van der Waals surface area contributed by atoms with Gasteiger partial charge in [-0.2, -0.15) is 0 Å². The van der Waals surface area contributed by atoms with Crippen LogP contribution in [0.4, 0.5) is 0 Å². The number of halogens is 1. The summed E-state index contributed by atoms with van der Waals surface area (Å²) in [5.74, 6) is 0.485. The number of likely N-dealkylation sites (N-methyl/N-ethyl adjacent to an activating group) is 1. The van der Waals surface area contributed by atoms with Gasteiger partial charge in [0.15, 0.2) is 5.96 Å². The van der Waals surface area contributed by atoms with E-state index in [4.69, 9.17) is 0 Å². The molecule has 1 aliphatic rings. The number of hydrogen-bond donors (Lipinski definition) is 2. The number of carbonyl (C=O) groups excluding carboxylic acids is 1. The van der Waals surface area contributed by atoms with Gasteiger partial charge in [0, 0.05) is 40.3 Å². The number of aliphatic imine (C=N–C) groups is 1. The predicted molar refractivity (Wildman–Crippen MR) is 127 cm³/mol. The van der Waals surface area contributed by atoms with E-state index in [1.165, 1.54) is 10.5 Å². The normalized spacial score (nSPS) is 17.0. The van der Waals surface area contributed by atoms with Crippen LogP contribution in [0.25, 0.3) is 0 Å². The molecule has 1 aliphatic heterocycles. The van der Waals surface area contributed by atoms with Crippen molar-refractivity contribution < 1.29 is 13.2 Å². The summed E-state index contributed by atoms with van der Waals surface area (Å²) in [6, 6.07) is 10.1. The van der Waals surface area contributed by atoms with Gasteiger partial charge in [-0.05, 0) is 18.4 Å². The van der Waals surface area contributed by atoms with E-state index in [9.17, 15) is 13.2 Å². The Hall–Kier alpha value is -1.40. The largest absolute Gasteiger partial charge is 0.356 e. The monoisotopic (exact) mass is 537 g/mol. The van der Waals surface area contributed by atoms with Crippen molar-refractivity contribution in [1.82, 2.24) is 19.8 Å². The van der Waals surface area contributed by atoms with Crippen LogP contribution in [0, 0.1) is 0 Å². The first-order chi connectivity index (χ1) is 13.3. The van der Waals surface area contributed by atoms with Crippen molar-refractivity contribution in [1.29, 1.82) is 0 Å². The Kier molecular flexibility index (Phi) is 10.9. The van der Waals surface area contributed by atoms with Gasteiger partial charge in [0.25, 0.3) is 0 Å². The van der Waals surface area contributed by atoms with Gasteiger partial charge in [-0.3, -0.25) is 4.79 Å². The van der Waals surface area contributed by atoms with Crippen LogP contribution in [0.15, 0.2) is 35.3 Å². The van der Waals surface area contributed by atoms with E-state index >= 15 is 0 Å². The maximum atomic E-state index is 12.3. The van der Waals surface area contributed by atoms with Crippen molar-refractivity contribution in [3.63, 3.8) is 0 Å². The number of hydrogen-bond acceptors (Lipinski definition) is 4. The standard InChI is InChI=1S/C19H31N5O3S.HI/c1-4-22-28(26,27)17-11-13-24(15-17)19(21-14-18(25)23(2)3)20-12-10-16-8-6-5-7-9-16;/h5-9,17,22H,4,10-15H2,1-3H3,(H,20,21);1H. The third kappa shape index (κ3) is 8.09. The molecule has 1 saturated heterocycles. The summed E-state index contributed by atoms with van der Waals surface area (Å²) in [5.41, 5.74) is 1.20. The molecule has 29 heavy (non-hydrogen) atoms. The topological polar surface area (TPSA) is 94.1 Å². The zero-order valence-corrected chi connectivity index (χ0v) is 20.4. The van der Waals surface area contributed by atoms with Crippen molar-refractivity contribution in [2.75, 3.05) is 46.8 Å². The molecule has 164 valence electrons. The first kappa shape index (κ1) is 25.6. The van der Waals surface area contributed by atoms with Crippen LogP contribution in [0.1, 0.15) is 18.9 Å². The molecular formula is C19H32IN5O3S. The van der Waals surface area contributed by atoms with E-state index in [0.717, 1.165) is 6.42 Å². The minimum atomic E-state index is -3.33. The van der Waals surface area contributed by atoms with Gasteiger partial charge in [0.1, 0.15) is 6.54 Å². The smallest absolute Gasteiger partial charge is 0.243 e. The summed E-state index contributed by atoms with van der Waals surface area (Å²) >= 11 is 0. The number of guanidine groups is 1. The van der Waals surface area contributed by atoms with E-state index in [0.29, 0.717) is 38.6 Å². The number of rotatable bonds is 8. The lowest BCUT2D eigenvalue weighted by Gasteiger charge is -2.22. The molecule has 1 amide bonds. The summed E-state index contributed by atoms with van der Waals surface area (Å²) in [4.78, 5) is 19.8. The second kappa shape index (κ2) is 12.3. The minimum Gasteiger partial charge on any atom is -0.356 e. The Morgan fingerprint density at radius 1 is 1.28 bits per heavy atom. The van der Waals surface area contributed by atoms with Gasteiger partial charge in [0.05, 0.1) is 5.25 Å². The lowest BCUT2D eigenvalue weighted by Crippen LogP contribution is -2.43. The average Bonchev–Trinajstić information content (AvgIpc) is 3.16. The number of sulfonamides is 1. The summed E-state index contributed by atoms with van der Waals surface area (Å²) in [6.45, 7) is 3.79. The third-order valence-electron chi connectivity index (χ3n) is 4.63. The van der Waals surface area contributed by atoms with Crippen molar-refractivity contribution in [3.05, 3.63) is 35.9 Å². The highest BCUT2D eigenvalue weighted by molar-refractivity contribution is 14.0. The Balaban J connectivity index is 0.00000420. The van der Waals surface area contributed by atoms with Crippen molar-refractivity contribution in [2.45, 2.75) is 25.0 Å². The number of carbonyl (C=O) groups is 1. The second-order valence-electron chi connectivity index (χ2n) is 6.99. The molecule has 8 nitrogen and oxygen atoms in total. The molecule has 0 spiro atoms. The fourth-order valence-electron chi connectivity index (χ4n) is 3.01. The predicted octanol–water partition coefficient (Wildman–Crippen LogP) is 0.895. The van der Waals surface area contributed by atoms with Gasteiger partial charge in [-0.15, -0.1) is 24.0 Å². The van der Waals surface area contributed by atoms with E-state index in [2.05, 4.69) is 27.2 Å². The summed E-state index contributed by atoms with van der Waals surface area (Å²) in [6.07, 6.45) is 1.35. The molecule has 0 bridgehead atoms. The molecule has 1 atom stereocenters. The lowest BCUT2D eigenvalue weighted by molar-refractivity contribution is -0.127. The fourth-order valence-corrected chi connectivity index (χ4v) is 4.44. The van der Waals surface area contributed by atoms with Crippen LogP contribution in [-0.2, 0) is 21.2 Å². The zero-order valence-electron chi connectivity index (χ0n) is 17.3. The van der Waals surface area contributed by atoms with Gasteiger partial charge >= 0.3 is 0 Å². The maximum absolute atomic E-state index is 12.3. The van der Waals surface area contributed by atoms with Crippen molar-refractivity contribution >= 4 is 45.9 Å². The molecule has 0 aliphatic carbocycles. The Bertz CT molecular complexity index is 771. The molecule has 1 aromatic carbocycles. The Morgan fingerprint density at radius 2 is 1.97 bits per heavy atom. The average molecular weight is 537 g/mol. The number of likely N-dealkylation sites (tertiary alicyclic amines) is 1. The van der Waals surface area contributed by atoms with Crippen LogP contribution in [-0.4, -0.2) is 82.2 Å². The van der Waals surface area contributed by atoms with Crippen molar-refractivity contribution in [2.24, 2.45) is 4.99 Å². The molecule has 1 unspecified atom stereocenters. The minimum absolute atomic E-state index is 0. The molecule has 0 radical (unpaired) electrons. The summed E-state index contributed by atoms with van der Waals surface area (Å²) in [7, 11) is 0.0451. The number of amides is 1. The van der Waals surface area contributed by atoms with Crippen LogP contribution in [0.3, 0.4) is 0 Å². The van der Waals surface area contributed by atoms with Crippen LogP contribution in [0.2, 0.25) is 0 Å². The molecule has 1 aromatic rings. The van der Waals surface area contributed by atoms with Gasteiger partial charge in [-0.1, -0.05) is 37.3 Å². The Labute approximate surface area is 191 Å². The molecule has 0 saturated carbocycles. The fraction of sp³-hybridized carbons (Fsp3) is 0.579. The summed E-state index contributed by atoms with van der Waals surface area (Å²) < 4.78 is 27.2. The van der Waals surface area contributed by atoms with Gasteiger partial charge in [0.2, 0.25) is 15.9 Å². The number of nitrogens with zero attached hydrogens (tertiary/aromatic N) is 3. The van der Waals surface area contributed by atoms with E-state index in [1.54, 1.807) is 21.0 Å². The van der Waals surface area contributed by atoms with E-state index < -0.39 is 15.3 Å². The van der Waals surface area contributed by atoms with E-state index in [-0.39, 0.29) is 36.4 Å². The molecule has 2 N–H and O–H groups in total. The molecular weight excluding hydrogens is 505 g/mol. The highest BCUT2D eigenvalue weighted by Gasteiger charge is 2.34. The molecule has 0 aromatic heterocycles. The quantitative estimate of drug-likeness (QED) is 0.292. The lowest BCUT2D eigenvalue weighted by atomic mass is 10.1. The highest BCUT2D eigenvalue weighted by Crippen LogP contribution is 2.16. The number of benzene rings is 1. The van der Waals surface area contributed by atoms with Crippen molar-refractivity contribution in [3.8, 4) is 0 Å². The number of nitrogens with one attached hydrogen (secondary N) is 2. The van der Waals surface area contributed by atoms with Crippen LogP contribution in [0.5, 0.6) is 0 Å². The Morgan fingerprint density at radius 3 is 2.59 bits per heavy atom. The maximum Gasteiger partial charge on any atom is 0.243 e. The third-order valence-corrected chi connectivity index (χ3v) is 6.58. The SMILES string of the molecule is CCNS(=O)(=O)C1CCN(C(=NCC(=O)N(C)C)NCCc2ccccc2)C1.I. The first-order valence-electron chi connectivity index (χ1n) is 9.59. The molecule has 2 rings (SSSR count). The van der Waals surface area contributed by atoms with Gasteiger partial charge in [-0.25, -0.2) is 18.1 Å². The molecule has 10 heteroatoms. The molecule has 1 fully saturated rings.